The van der Waals surface area contributed by atoms with Gasteiger partial charge in [-0.15, -0.1) is 0 Å². The van der Waals surface area contributed by atoms with E-state index in [1.54, 1.807) is 19.2 Å². The number of carboxylic acid groups (broad SMARTS) is 1. The highest BCUT2D eigenvalue weighted by Crippen LogP contribution is 2.24. The number of carboxylic acids is 1. The van der Waals surface area contributed by atoms with E-state index >= 15 is 0 Å². The number of carbonyl (C=O) groups is 1. The summed E-state index contributed by atoms with van der Waals surface area (Å²) in [6.07, 6.45) is 2.59. The number of fused-ring (bicyclic) bond motifs is 1. The number of pyridine rings is 1. The standard InChI is InChI=1S/C12H11NO4S/c1-7-3-8-4-9(12(14)15)5-10(18(2,16)17)11(8)13-6-7/h3-6H,1-2H3,(H,14,15). The number of aromatic nitrogens is 1. The van der Waals surface area contributed by atoms with Gasteiger partial charge in [0.2, 0.25) is 0 Å². The van der Waals surface area contributed by atoms with Crippen LogP contribution in [0.5, 0.6) is 0 Å². The van der Waals surface area contributed by atoms with Gasteiger partial charge in [-0.3, -0.25) is 4.98 Å². The largest absolute Gasteiger partial charge is 0.478 e. The van der Waals surface area contributed by atoms with Crippen molar-refractivity contribution < 1.29 is 18.3 Å². The SMILES string of the molecule is Cc1cnc2c(S(C)(=O)=O)cc(C(=O)O)cc2c1. The minimum atomic E-state index is -3.52. The van der Waals surface area contributed by atoms with E-state index in [-0.39, 0.29) is 10.5 Å². The van der Waals surface area contributed by atoms with Crippen molar-refractivity contribution in [2.45, 2.75) is 11.8 Å². The summed E-state index contributed by atoms with van der Waals surface area (Å²) >= 11 is 0. The smallest absolute Gasteiger partial charge is 0.335 e. The van der Waals surface area contributed by atoms with Crippen LogP contribution in [0.2, 0.25) is 0 Å². The number of benzene rings is 1. The van der Waals surface area contributed by atoms with Crippen molar-refractivity contribution in [3.05, 3.63) is 35.5 Å². The molecule has 1 aromatic carbocycles. The molecule has 5 nitrogen and oxygen atoms in total. The first-order valence-corrected chi connectivity index (χ1v) is 7.02. The number of sulfone groups is 1. The Hall–Kier alpha value is -1.95. The van der Waals surface area contributed by atoms with Gasteiger partial charge >= 0.3 is 5.97 Å². The Morgan fingerprint density at radius 2 is 1.94 bits per heavy atom. The molecule has 6 heteroatoms. The van der Waals surface area contributed by atoms with Crippen molar-refractivity contribution in [2.75, 3.05) is 6.26 Å². The average Bonchev–Trinajstić information content (AvgIpc) is 2.25. The van der Waals surface area contributed by atoms with E-state index in [1.807, 2.05) is 0 Å². The fourth-order valence-corrected chi connectivity index (χ4v) is 2.60. The molecule has 0 atom stereocenters. The fraction of sp³-hybridized carbons (Fsp3) is 0.167. The lowest BCUT2D eigenvalue weighted by molar-refractivity contribution is 0.0697. The van der Waals surface area contributed by atoms with Crippen LogP contribution in [0.3, 0.4) is 0 Å². The Labute approximate surface area is 104 Å². The van der Waals surface area contributed by atoms with E-state index in [1.165, 1.54) is 6.07 Å². The number of nitrogens with zero attached hydrogens (tertiary/aromatic N) is 1. The Kier molecular flexibility index (Phi) is 2.82. The molecule has 0 fully saturated rings. The average molecular weight is 265 g/mol. The number of hydrogen-bond donors (Lipinski definition) is 1. The van der Waals surface area contributed by atoms with Gasteiger partial charge in [-0.05, 0) is 30.7 Å². The maximum Gasteiger partial charge on any atom is 0.335 e. The highest BCUT2D eigenvalue weighted by Gasteiger charge is 2.17. The van der Waals surface area contributed by atoms with Crippen molar-refractivity contribution in [3.63, 3.8) is 0 Å². The first-order valence-electron chi connectivity index (χ1n) is 5.13. The maximum absolute atomic E-state index is 11.7. The highest BCUT2D eigenvalue weighted by molar-refractivity contribution is 7.91. The number of aryl methyl sites for hydroxylation is 1. The van der Waals surface area contributed by atoms with Crippen molar-refractivity contribution in [1.82, 2.24) is 4.98 Å². The Morgan fingerprint density at radius 1 is 1.28 bits per heavy atom. The van der Waals surface area contributed by atoms with Crippen LogP contribution in [0, 0.1) is 6.92 Å². The monoisotopic (exact) mass is 265 g/mol. The van der Waals surface area contributed by atoms with Crippen molar-refractivity contribution in [3.8, 4) is 0 Å². The molecule has 0 spiro atoms. The lowest BCUT2D eigenvalue weighted by atomic mass is 10.1. The second-order valence-corrected chi connectivity index (χ2v) is 6.12. The second kappa shape index (κ2) is 4.06. The van der Waals surface area contributed by atoms with Crippen molar-refractivity contribution in [2.24, 2.45) is 0 Å². The van der Waals surface area contributed by atoms with Crippen LogP contribution < -0.4 is 0 Å². The molecule has 0 unspecified atom stereocenters. The summed E-state index contributed by atoms with van der Waals surface area (Å²) < 4.78 is 23.3. The number of rotatable bonds is 2. The van der Waals surface area contributed by atoms with Crippen LogP contribution in [-0.2, 0) is 9.84 Å². The molecular weight excluding hydrogens is 254 g/mol. The summed E-state index contributed by atoms with van der Waals surface area (Å²) in [5, 5.41) is 9.50. The first kappa shape index (κ1) is 12.5. The molecule has 0 radical (unpaired) electrons. The van der Waals surface area contributed by atoms with Crippen LogP contribution in [0.1, 0.15) is 15.9 Å². The third-order valence-corrected chi connectivity index (χ3v) is 3.64. The molecule has 2 rings (SSSR count). The molecule has 2 aromatic rings. The molecule has 18 heavy (non-hydrogen) atoms. The predicted octanol–water partition coefficient (Wildman–Crippen LogP) is 1.64. The summed E-state index contributed by atoms with van der Waals surface area (Å²) in [7, 11) is -3.52. The minimum absolute atomic E-state index is 0.0580. The van der Waals surface area contributed by atoms with Gasteiger partial charge in [-0.2, -0.15) is 0 Å². The van der Waals surface area contributed by atoms with E-state index in [0.29, 0.717) is 10.9 Å². The molecule has 0 saturated heterocycles. The summed E-state index contributed by atoms with van der Waals surface area (Å²) in [5.74, 6) is -1.16. The summed E-state index contributed by atoms with van der Waals surface area (Å²) in [6.45, 7) is 1.81. The van der Waals surface area contributed by atoms with Crippen LogP contribution in [0.15, 0.2) is 29.3 Å². The summed E-state index contributed by atoms with van der Waals surface area (Å²) in [4.78, 5) is 15.0. The van der Waals surface area contributed by atoms with Gasteiger partial charge in [-0.25, -0.2) is 13.2 Å². The van der Waals surface area contributed by atoms with Crippen LogP contribution >= 0.6 is 0 Å². The zero-order valence-corrected chi connectivity index (χ0v) is 10.7. The van der Waals surface area contributed by atoms with Crippen LogP contribution in [0.25, 0.3) is 10.9 Å². The quantitative estimate of drug-likeness (QED) is 0.892. The van der Waals surface area contributed by atoms with Gasteiger partial charge in [0, 0.05) is 17.8 Å². The van der Waals surface area contributed by atoms with Gasteiger partial charge < -0.3 is 5.11 Å². The molecule has 0 amide bonds. The topological polar surface area (TPSA) is 84.3 Å². The van der Waals surface area contributed by atoms with Gasteiger partial charge in [0.15, 0.2) is 9.84 Å². The Morgan fingerprint density at radius 3 is 2.50 bits per heavy atom. The molecule has 0 bridgehead atoms. The molecule has 1 N–H and O–H groups in total. The molecular formula is C12H11NO4S. The van der Waals surface area contributed by atoms with Gasteiger partial charge in [-0.1, -0.05) is 0 Å². The zero-order valence-electron chi connectivity index (χ0n) is 9.84. The van der Waals surface area contributed by atoms with E-state index in [2.05, 4.69) is 4.98 Å². The summed E-state index contributed by atoms with van der Waals surface area (Å²) in [5.41, 5.74) is 1.08. The Balaban J connectivity index is 2.95. The maximum atomic E-state index is 11.7. The first-order chi connectivity index (χ1) is 8.29. The van der Waals surface area contributed by atoms with Gasteiger partial charge in [0.25, 0.3) is 0 Å². The summed E-state index contributed by atoms with van der Waals surface area (Å²) in [6, 6.07) is 4.28. The fourth-order valence-electron chi connectivity index (χ4n) is 1.73. The van der Waals surface area contributed by atoms with E-state index in [0.717, 1.165) is 17.9 Å². The lowest BCUT2D eigenvalue weighted by Gasteiger charge is -2.06. The molecule has 1 heterocycles. The van der Waals surface area contributed by atoms with E-state index in [4.69, 9.17) is 5.11 Å². The highest BCUT2D eigenvalue weighted by atomic mass is 32.2. The number of aromatic carboxylic acids is 1. The molecule has 0 aliphatic carbocycles. The van der Waals surface area contributed by atoms with Gasteiger partial charge in [0.05, 0.1) is 16.0 Å². The van der Waals surface area contributed by atoms with E-state index < -0.39 is 15.8 Å². The Bertz CT molecular complexity index is 750. The van der Waals surface area contributed by atoms with Gasteiger partial charge in [0.1, 0.15) is 0 Å². The van der Waals surface area contributed by atoms with E-state index in [9.17, 15) is 13.2 Å². The van der Waals surface area contributed by atoms with Crippen molar-refractivity contribution >= 4 is 26.7 Å². The number of hydrogen-bond acceptors (Lipinski definition) is 4. The molecule has 1 aromatic heterocycles. The normalized spacial score (nSPS) is 11.7. The zero-order chi connectivity index (χ0) is 13.5. The minimum Gasteiger partial charge on any atom is -0.478 e. The third kappa shape index (κ3) is 2.19. The van der Waals surface area contributed by atoms with Crippen LogP contribution in [0.4, 0.5) is 0 Å². The molecule has 0 saturated carbocycles. The van der Waals surface area contributed by atoms with Crippen molar-refractivity contribution in [1.29, 1.82) is 0 Å². The molecule has 0 aliphatic heterocycles. The third-order valence-electron chi connectivity index (χ3n) is 2.53. The molecule has 94 valence electrons. The molecule has 0 aliphatic rings. The lowest BCUT2D eigenvalue weighted by Crippen LogP contribution is -2.04. The predicted molar refractivity (Wildman–Crippen MR) is 66.5 cm³/mol. The van der Waals surface area contributed by atoms with Crippen LogP contribution in [-0.4, -0.2) is 30.7 Å². The second-order valence-electron chi connectivity index (χ2n) is 4.14.